The summed E-state index contributed by atoms with van der Waals surface area (Å²) in [5.74, 6) is 1.38. The van der Waals surface area contributed by atoms with E-state index in [0.29, 0.717) is 5.92 Å². The van der Waals surface area contributed by atoms with E-state index in [9.17, 15) is 0 Å². The van der Waals surface area contributed by atoms with Crippen LogP contribution >= 0.6 is 11.5 Å². The van der Waals surface area contributed by atoms with Crippen LogP contribution in [0.2, 0.25) is 0 Å². The Balaban J connectivity index is 1.97. The normalized spacial score (nSPS) is 21.2. The largest absolute Gasteiger partial charge is 0.396 e. The van der Waals surface area contributed by atoms with Gasteiger partial charge in [0, 0.05) is 43.6 Å². The first-order valence-electron chi connectivity index (χ1n) is 5.52. The molecule has 5 heteroatoms. The summed E-state index contributed by atoms with van der Waals surface area (Å²) in [6.45, 7) is 4.36. The summed E-state index contributed by atoms with van der Waals surface area (Å²) in [5, 5.41) is 10.1. The average molecular weight is 227 g/mol. The lowest BCUT2D eigenvalue weighted by molar-refractivity contribution is 0.238. The summed E-state index contributed by atoms with van der Waals surface area (Å²) in [7, 11) is 0. The van der Waals surface area contributed by atoms with Gasteiger partial charge in [-0.3, -0.25) is 0 Å². The fourth-order valence-electron chi connectivity index (χ4n) is 1.85. The van der Waals surface area contributed by atoms with Crippen LogP contribution in [0.4, 0.5) is 5.13 Å². The van der Waals surface area contributed by atoms with Gasteiger partial charge in [0.2, 0.25) is 5.13 Å². The van der Waals surface area contributed by atoms with Gasteiger partial charge in [-0.05, 0) is 12.8 Å². The van der Waals surface area contributed by atoms with E-state index in [4.69, 9.17) is 5.11 Å². The minimum Gasteiger partial charge on any atom is -0.396 e. The monoisotopic (exact) mass is 227 g/mol. The quantitative estimate of drug-likeness (QED) is 0.842. The van der Waals surface area contributed by atoms with Crippen molar-refractivity contribution in [2.75, 3.05) is 24.6 Å². The van der Waals surface area contributed by atoms with E-state index in [2.05, 4.69) is 21.2 Å². The van der Waals surface area contributed by atoms with Gasteiger partial charge in [-0.15, -0.1) is 0 Å². The Morgan fingerprint density at radius 2 is 2.47 bits per heavy atom. The molecule has 0 aliphatic carbocycles. The van der Waals surface area contributed by atoms with Crippen molar-refractivity contribution < 1.29 is 5.11 Å². The fourth-order valence-corrected chi connectivity index (χ4v) is 2.60. The van der Waals surface area contributed by atoms with E-state index < -0.39 is 0 Å². The first-order chi connectivity index (χ1) is 7.33. The summed E-state index contributed by atoms with van der Waals surface area (Å²) in [5.41, 5.74) is 0. The van der Waals surface area contributed by atoms with Crippen LogP contribution < -0.4 is 4.90 Å². The second kappa shape index (κ2) is 4.90. The van der Waals surface area contributed by atoms with Gasteiger partial charge in [0.25, 0.3) is 0 Å². The molecule has 1 saturated heterocycles. The first kappa shape index (κ1) is 10.8. The molecule has 0 aromatic carbocycles. The maximum atomic E-state index is 9.06. The third kappa shape index (κ3) is 2.46. The van der Waals surface area contributed by atoms with Crippen LogP contribution in [0.5, 0.6) is 0 Å². The minimum atomic E-state index is 0.289. The Bertz CT molecular complexity index is 315. The topological polar surface area (TPSA) is 49.2 Å². The molecule has 84 valence electrons. The Hall–Kier alpha value is -0.680. The van der Waals surface area contributed by atoms with Crippen LogP contribution in [0.25, 0.3) is 0 Å². The molecule has 1 aromatic rings. The summed E-state index contributed by atoms with van der Waals surface area (Å²) >= 11 is 1.48. The number of aliphatic hydroxyl groups excluding tert-OH is 1. The fraction of sp³-hybridized carbons (Fsp3) is 0.800. The lowest BCUT2D eigenvalue weighted by atomic mass is 10.1. The highest BCUT2D eigenvalue weighted by molar-refractivity contribution is 7.09. The maximum Gasteiger partial charge on any atom is 0.205 e. The highest BCUT2D eigenvalue weighted by atomic mass is 32.1. The van der Waals surface area contributed by atoms with Crippen molar-refractivity contribution in [3.8, 4) is 0 Å². The number of aryl methyl sites for hydroxylation is 1. The summed E-state index contributed by atoms with van der Waals surface area (Å²) in [6, 6.07) is 0. The molecule has 1 fully saturated rings. The number of rotatable bonds is 4. The highest BCUT2D eigenvalue weighted by Gasteiger charge is 2.24. The minimum absolute atomic E-state index is 0.289. The third-order valence-corrected chi connectivity index (χ3v) is 3.56. The zero-order chi connectivity index (χ0) is 10.7. The molecule has 15 heavy (non-hydrogen) atoms. The number of aromatic nitrogens is 2. The predicted octanol–water partition coefficient (Wildman–Crippen LogP) is 1.31. The van der Waals surface area contributed by atoms with Gasteiger partial charge in [-0.25, -0.2) is 4.98 Å². The third-order valence-electron chi connectivity index (χ3n) is 2.75. The van der Waals surface area contributed by atoms with Crippen molar-refractivity contribution >= 4 is 16.7 Å². The van der Waals surface area contributed by atoms with Crippen molar-refractivity contribution in [3.05, 3.63) is 5.82 Å². The molecule has 1 aromatic heterocycles. The molecule has 1 unspecified atom stereocenters. The Kier molecular flexibility index (Phi) is 3.53. The Labute approximate surface area is 94.1 Å². The van der Waals surface area contributed by atoms with Gasteiger partial charge in [-0.1, -0.05) is 6.92 Å². The second-order valence-corrected chi connectivity index (χ2v) is 4.76. The summed E-state index contributed by atoms with van der Waals surface area (Å²) < 4.78 is 4.33. The summed E-state index contributed by atoms with van der Waals surface area (Å²) in [6.07, 6.45) is 3.13. The van der Waals surface area contributed by atoms with E-state index in [1.54, 1.807) is 0 Å². The SMILES string of the molecule is CCCc1nsc(N2CCC(CO)C2)n1. The Morgan fingerprint density at radius 3 is 3.13 bits per heavy atom. The standard InChI is InChI=1S/C10H17N3OS/c1-2-3-9-11-10(15-12-9)13-5-4-8(6-13)7-14/h8,14H,2-7H2,1H3. The molecule has 1 atom stereocenters. The van der Waals surface area contributed by atoms with E-state index in [1.807, 2.05) is 0 Å². The van der Waals surface area contributed by atoms with Crippen LogP contribution in [-0.2, 0) is 6.42 Å². The number of hydrogen-bond acceptors (Lipinski definition) is 5. The molecule has 2 rings (SSSR count). The van der Waals surface area contributed by atoms with Gasteiger partial charge in [0.15, 0.2) is 0 Å². The molecule has 0 spiro atoms. The highest BCUT2D eigenvalue weighted by Crippen LogP contribution is 2.25. The smallest absolute Gasteiger partial charge is 0.205 e. The zero-order valence-corrected chi connectivity index (χ0v) is 9.83. The van der Waals surface area contributed by atoms with Crippen molar-refractivity contribution in [2.45, 2.75) is 26.2 Å². The van der Waals surface area contributed by atoms with Gasteiger partial charge in [-0.2, -0.15) is 4.37 Å². The molecular formula is C10H17N3OS. The molecule has 2 heterocycles. The van der Waals surface area contributed by atoms with Crippen molar-refractivity contribution in [3.63, 3.8) is 0 Å². The number of aliphatic hydroxyl groups is 1. The van der Waals surface area contributed by atoms with E-state index in [0.717, 1.165) is 43.3 Å². The van der Waals surface area contributed by atoms with Gasteiger partial charge < -0.3 is 10.0 Å². The zero-order valence-electron chi connectivity index (χ0n) is 9.02. The molecule has 1 aliphatic rings. The predicted molar refractivity (Wildman–Crippen MR) is 61.3 cm³/mol. The molecule has 0 amide bonds. The Morgan fingerprint density at radius 1 is 1.60 bits per heavy atom. The molecule has 0 radical (unpaired) electrons. The lowest BCUT2D eigenvalue weighted by Crippen LogP contribution is -2.20. The molecule has 0 bridgehead atoms. The lowest BCUT2D eigenvalue weighted by Gasteiger charge is -2.12. The molecule has 0 saturated carbocycles. The molecular weight excluding hydrogens is 210 g/mol. The molecule has 1 aliphatic heterocycles. The van der Waals surface area contributed by atoms with Gasteiger partial charge >= 0.3 is 0 Å². The maximum absolute atomic E-state index is 9.06. The number of anilines is 1. The van der Waals surface area contributed by atoms with Crippen molar-refractivity contribution in [1.82, 2.24) is 9.36 Å². The van der Waals surface area contributed by atoms with E-state index in [1.165, 1.54) is 11.5 Å². The number of hydrogen-bond donors (Lipinski definition) is 1. The van der Waals surface area contributed by atoms with Gasteiger partial charge in [0.1, 0.15) is 5.82 Å². The second-order valence-electron chi connectivity index (χ2n) is 4.03. The van der Waals surface area contributed by atoms with Crippen LogP contribution in [0, 0.1) is 5.92 Å². The van der Waals surface area contributed by atoms with Gasteiger partial charge in [0.05, 0.1) is 0 Å². The van der Waals surface area contributed by atoms with E-state index in [-0.39, 0.29) is 6.61 Å². The molecule has 4 nitrogen and oxygen atoms in total. The van der Waals surface area contributed by atoms with Crippen molar-refractivity contribution in [1.29, 1.82) is 0 Å². The van der Waals surface area contributed by atoms with Crippen LogP contribution in [0.3, 0.4) is 0 Å². The average Bonchev–Trinajstić information content (AvgIpc) is 2.85. The van der Waals surface area contributed by atoms with Crippen LogP contribution in [0.15, 0.2) is 0 Å². The van der Waals surface area contributed by atoms with Crippen LogP contribution in [-0.4, -0.2) is 34.2 Å². The molecule has 1 N–H and O–H groups in total. The number of nitrogens with zero attached hydrogens (tertiary/aromatic N) is 3. The van der Waals surface area contributed by atoms with E-state index >= 15 is 0 Å². The first-order valence-corrected chi connectivity index (χ1v) is 6.29. The van der Waals surface area contributed by atoms with Crippen molar-refractivity contribution in [2.24, 2.45) is 5.92 Å². The summed E-state index contributed by atoms with van der Waals surface area (Å²) in [4.78, 5) is 6.74. The van der Waals surface area contributed by atoms with Crippen LogP contribution in [0.1, 0.15) is 25.6 Å².